The monoisotopic (exact) mass is 273 g/mol. The molecule has 102 valence electrons. The first kappa shape index (κ1) is 14.6. The molecule has 6 nitrogen and oxygen atoms in total. The van der Waals surface area contributed by atoms with Crippen LogP contribution in [0.15, 0.2) is 12.3 Å². The Kier molecular flexibility index (Phi) is 4.39. The van der Waals surface area contributed by atoms with E-state index in [4.69, 9.17) is 5.73 Å². The van der Waals surface area contributed by atoms with Gasteiger partial charge in [-0.2, -0.15) is 0 Å². The van der Waals surface area contributed by atoms with E-state index in [1.165, 1.54) is 4.90 Å². The zero-order valence-corrected chi connectivity index (χ0v) is 11.7. The highest BCUT2D eigenvalue weighted by atomic mass is 32.2. The van der Waals surface area contributed by atoms with Crippen LogP contribution in [0, 0.1) is 0 Å². The van der Waals surface area contributed by atoms with Crippen LogP contribution in [0.2, 0.25) is 0 Å². The Morgan fingerprint density at radius 2 is 2.11 bits per heavy atom. The van der Waals surface area contributed by atoms with Gasteiger partial charge in [-0.05, 0) is 13.0 Å². The molecule has 1 rings (SSSR count). The molecule has 0 bridgehead atoms. The van der Waals surface area contributed by atoms with Crippen molar-refractivity contribution >= 4 is 21.4 Å². The second-order valence-electron chi connectivity index (χ2n) is 4.30. The molecule has 0 saturated heterocycles. The molecule has 1 aromatic rings. The Morgan fingerprint density at radius 1 is 1.50 bits per heavy atom. The van der Waals surface area contributed by atoms with Crippen LogP contribution in [0.25, 0.3) is 0 Å². The lowest BCUT2D eigenvalue weighted by molar-refractivity contribution is 0.0793. The molecule has 0 aromatic carbocycles. The summed E-state index contributed by atoms with van der Waals surface area (Å²) in [5.41, 5.74) is 6.65. The van der Waals surface area contributed by atoms with Gasteiger partial charge in [0.1, 0.15) is 15.5 Å². The van der Waals surface area contributed by atoms with E-state index in [-0.39, 0.29) is 18.2 Å². The summed E-state index contributed by atoms with van der Waals surface area (Å²) < 4.78 is 23.9. The molecule has 0 aliphatic rings. The molecule has 0 atom stereocenters. The second kappa shape index (κ2) is 5.43. The van der Waals surface area contributed by atoms with E-state index in [0.717, 1.165) is 6.26 Å². The number of anilines is 1. The average Bonchev–Trinajstić information content (AvgIpc) is 2.65. The van der Waals surface area contributed by atoms with Gasteiger partial charge in [0.05, 0.1) is 11.4 Å². The number of sulfone groups is 1. The smallest absolute Gasteiger partial charge is 0.270 e. The first-order chi connectivity index (χ1) is 8.24. The van der Waals surface area contributed by atoms with E-state index in [0.29, 0.717) is 17.9 Å². The highest BCUT2D eigenvalue weighted by Crippen LogP contribution is 2.12. The van der Waals surface area contributed by atoms with E-state index < -0.39 is 9.84 Å². The topological polar surface area (TPSA) is 85.4 Å². The molecule has 2 N–H and O–H groups in total. The molecule has 0 radical (unpaired) electrons. The number of hydrogen-bond acceptors (Lipinski definition) is 4. The molecule has 0 aliphatic carbocycles. The third-order valence-corrected chi connectivity index (χ3v) is 3.55. The fourth-order valence-corrected chi connectivity index (χ4v) is 2.18. The minimum Gasteiger partial charge on any atom is -0.397 e. The third kappa shape index (κ3) is 3.76. The number of nitrogens with zero attached hydrogens (tertiary/aromatic N) is 2. The number of hydrogen-bond donors (Lipinski definition) is 1. The summed E-state index contributed by atoms with van der Waals surface area (Å²) in [7, 11) is -1.49. The maximum atomic E-state index is 12.1. The molecule has 0 unspecified atom stereocenters. The SMILES string of the molecule is CCn1cc(N)cc1C(=O)N(C)CCS(C)(=O)=O. The van der Waals surface area contributed by atoms with Crippen molar-refractivity contribution in [3.05, 3.63) is 18.0 Å². The fourth-order valence-electron chi connectivity index (χ4n) is 1.57. The molecule has 1 heterocycles. The zero-order valence-electron chi connectivity index (χ0n) is 10.9. The van der Waals surface area contributed by atoms with Crippen molar-refractivity contribution in [1.82, 2.24) is 9.47 Å². The molecular formula is C11H19N3O3S. The standard InChI is InChI=1S/C11H19N3O3S/c1-4-14-8-9(12)7-10(14)11(15)13(2)5-6-18(3,16)17/h7-8H,4-6,12H2,1-3H3. The first-order valence-electron chi connectivity index (χ1n) is 5.63. The van der Waals surface area contributed by atoms with Gasteiger partial charge < -0.3 is 15.2 Å². The summed E-state index contributed by atoms with van der Waals surface area (Å²) in [6.45, 7) is 2.72. The van der Waals surface area contributed by atoms with Gasteiger partial charge in [0, 0.05) is 32.6 Å². The second-order valence-corrected chi connectivity index (χ2v) is 6.56. The van der Waals surface area contributed by atoms with Crippen molar-refractivity contribution in [2.45, 2.75) is 13.5 Å². The van der Waals surface area contributed by atoms with E-state index in [1.54, 1.807) is 23.9 Å². The van der Waals surface area contributed by atoms with Gasteiger partial charge in [-0.25, -0.2) is 8.42 Å². The van der Waals surface area contributed by atoms with Crippen LogP contribution < -0.4 is 5.73 Å². The summed E-state index contributed by atoms with van der Waals surface area (Å²) in [6.07, 6.45) is 2.84. The van der Waals surface area contributed by atoms with Crippen LogP contribution in [0.4, 0.5) is 5.69 Å². The quantitative estimate of drug-likeness (QED) is 0.831. The van der Waals surface area contributed by atoms with E-state index in [2.05, 4.69) is 0 Å². The van der Waals surface area contributed by atoms with Gasteiger partial charge in [0.25, 0.3) is 5.91 Å². The number of amides is 1. The van der Waals surface area contributed by atoms with Crippen LogP contribution in [0.3, 0.4) is 0 Å². The Balaban J connectivity index is 2.80. The lowest BCUT2D eigenvalue weighted by Gasteiger charge is -2.17. The Labute approximate surface area is 107 Å². The molecule has 0 saturated carbocycles. The zero-order chi connectivity index (χ0) is 13.9. The summed E-state index contributed by atoms with van der Waals surface area (Å²) in [4.78, 5) is 13.5. The summed E-state index contributed by atoms with van der Waals surface area (Å²) in [6, 6.07) is 1.60. The molecule has 1 aromatic heterocycles. The van der Waals surface area contributed by atoms with E-state index >= 15 is 0 Å². The Bertz CT molecular complexity index is 534. The first-order valence-corrected chi connectivity index (χ1v) is 7.69. The van der Waals surface area contributed by atoms with Gasteiger partial charge in [0.15, 0.2) is 0 Å². The van der Waals surface area contributed by atoms with Crippen LogP contribution in [-0.2, 0) is 16.4 Å². The van der Waals surface area contributed by atoms with Gasteiger partial charge in [0.2, 0.25) is 0 Å². The van der Waals surface area contributed by atoms with Crippen molar-refractivity contribution in [1.29, 1.82) is 0 Å². The van der Waals surface area contributed by atoms with Crippen molar-refractivity contribution in [2.75, 3.05) is 31.3 Å². The number of nitrogens with two attached hydrogens (primary N) is 1. The largest absolute Gasteiger partial charge is 0.397 e. The van der Waals surface area contributed by atoms with Gasteiger partial charge in [-0.1, -0.05) is 0 Å². The van der Waals surface area contributed by atoms with Crippen LogP contribution >= 0.6 is 0 Å². The van der Waals surface area contributed by atoms with Crippen LogP contribution in [0.5, 0.6) is 0 Å². The normalized spacial score (nSPS) is 11.5. The molecule has 18 heavy (non-hydrogen) atoms. The molecule has 7 heteroatoms. The van der Waals surface area contributed by atoms with Crippen molar-refractivity contribution < 1.29 is 13.2 Å². The van der Waals surface area contributed by atoms with Crippen LogP contribution in [-0.4, -0.2) is 49.4 Å². The number of aryl methyl sites for hydroxylation is 1. The molecule has 1 amide bonds. The van der Waals surface area contributed by atoms with Crippen LogP contribution in [0.1, 0.15) is 17.4 Å². The highest BCUT2D eigenvalue weighted by molar-refractivity contribution is 7.90. The number of nitrogen functional groups attached to an aromatic ring is 1. The minimum atomic E-state index is -3.07. The van der Waals surface area contributed by atoms with Crippen molar-refractivity contribution in [3.8, 4) is 0 Å². The number of rotatable bonds is 5. The highest BCUT2D eigenvalue weighted by Gasteiger charge is 2.17. The maximum absolute atomic E-state index is 12.1. The van der Waals surface area contributed by atoms with E-state index in [1.807, 2.05) is 6.92 Å². The van der Waals surface area contributed by atoms with E-state index in [9.17, 15) is 13.2 Å². The predicted octanol–water partition coefficient (Wildman–Crippen LogP) is 0.207. The Hall–Kier alpha value is -1.50. The maximum Gasteiger partial charge on any atom is 0.270 e. The van der Waals surface area contributed by atoms with Gasteiger partial charge in [-0.3, -0.25) is 4.79 Å². The lowest BCUT2D eigenvalue weighted by atomic mass is 10.3. The third-order valence-electron chi connectivity index (χ3n) is 2.62. The van der Waals surface area contributed by atoms with Gasteiger partial charge >= 0.3 is 0 Å². The molecule has 0 spiro atoms. The summed E-state index contributed by atoms with van der Waals surface area (Å²) in [5.74, 6) is -0.269. The fraction of sp³-hybridized carbons (Fsp3) is 0.545. The number of aromatic nitrogens is 1. The minimum absolute atomic E-state index is 0.0441. The lowest BCUT2D eigenvalue weighted by Crippen LogP contribution is -2.32. The van der Waals surface area contributed by atoms with Crippen molar-refractivity contribution in [3.63, 3.8) is 0 Å². The molecule has 0 fully saturated rings. The average molecular weight is 273 g/mol. The van der Waals surface area contributed by atoms with Crippen molar-refractivity contribution in [2.24, 2.45) is 0 Å². The number of carbonyl (C=O) groups is 1. The summed E-state index contributed by atoms with van der Waals surface area (Å²) in [5, 5.41) is 0. The molecular weight excluding hydrogens is 254 g/mol. The predicted molar refractivity (Wildman–Crippen MR) is 71.2 cm³/mol. The number of carbonyl (C=O) groups excluding carboxylic acids is 1. The molecule has 0 aliphatic heterocycles. The van der Waals surface area contributed by atoms with Gasteiger partial charge in [-0.15, -0.1) is 0 Å². The Morgan fingerprint density at radius 3 is 2.61 bits per heavy atom. The summed E-state index contributed by atoms with van der Waals surface area (Å²) >= 11 is 0.